The molecule has 0 radical (unpaired) electrons. The van der Waals surface area contributed by atoms with Gasteiger partial charge in [-0.2, -0.15) is 0 Å². The number of rotatable bonds is 1. The molecule has 100 valence electrons. The van der Waals surface area contributed by atoms with Crippen LogP contribution in [0.3, 0.4) is 0 Å². The van der Waals surface area contributed by atoms with Gasteiger partial charge in [0.2, 0.25) is 5.91 Å². The summed E-state index contributed by atoms with van der Waals surface area (Å²) in [6.07, 6.45) is 10.1. The van der Waals surface area contributed by atoms with E-state index in [0.29, 0.717) is 17.7 Å². The molecule has 2 amide bonds. The Morgan fingerprint density at radius 1 is 1.25 bits per heavy atom. The molecule has 1 aromatic rings. The first-order valence-electron chi connectivity index (χ1n) is 6.50. The molecule has 1 aromatic heterocycles. The van der Waals surface area contributed by atoms with Crippen LogP contribution >= 0.6 is 0 Å². The van der Waals surface area contributed by atoms with Crippen LogP contribution in [0.5, 0.6) is 0 Å². The van der Waals surface area contributed by atoms with Gasteiger partial charge in [-0.1, -0.05) is 29.9 Å². The topological polar surface area (TPSA) is 59.1 Å². The number of hydrogen-bond acceptors (Lipinski definition) is 3. The number of allylic oxidation sites excluding steroid dienone is 5. The highest BCUT2D eigenvalue weighted by Gasteiger charge is 2.35. The van der Waals surface area contributed by atoms with Crippen molar-refractivity contribution < 1.29 is 9.59 Å². The van der Waals surface area contributed by atoms with Crippen LogP contribution in [0.4, 0.5) is 0 Å². The summed E-state index contributed by atoms with van der Waals surface area (Å²) in [5, 5.41) is 2.42. The van der Waals surface area contributed by atoms with E-state index in [1.807, 2.05) is 31.2 Å². The molecule has 0 saturated heterocycles. The smallest absolute Gasteiger partial charge is 0.259 e. The number of imide groups is 1. The summed E-state index contributed by atoms with van der Waals surface area (Å²) >= 11 is 0. The number of carbonyl (C=O) groups is 2. The number of carbonyl (C=O) groups excluding carboxylic acids is 2. The zero-order valence-electron chi connectivity index (χ0n) is 11.1. The highest BCUT2D eigenvalue weighted by molar-refractivity contribution is 6.12. The minimum absolute atomic E-state index is 0.296. The molecular formula is C16H14N2O2. The number of hydrogen-bond donors (Lipinski definition) is 1. The van der Waals surface area contributed by atoms with Gasteiger partial charge in [0.15, 0.2) is 0 Å². The third-order valence-electron chi connectivity index (χ3n) is 3.51. The van der Waals surface area contributed by atoms with Crippen LogP contribution < -0.4 is 5.32 Å². The maximum absolute atomic E-state index is 12.2. The quantitative estimate of drug-likeness (QED) is 0.793. The maximum atomic E-state index is 12.2. The predicted octanol–water partition coefficient (Wildman–Crippen LogP) is 2.27. The molecule has 4 nitrogen and oxygen atoms in total. The molecule has 1 aliphatic carbocycles. The molecule has 1 N–H and O–H groups in total. The van der Waals surface area contributed by atoms with Gasteiger partial charge in [-0.3, -0.25) is 19.9 Å². The Morgan fingerprint density at radius 3 is 2.90 bits per heavy atom. The van der Waals surface area contributed by atoms with Gasteiger partial charge in [-0.15, -0.1) is 0 Å². The van der Waals surface area contributed by atoms with Gasteiger partial charge in [0.1, 0.15) is 5.92 Å². The molecule has 1 atom stereocenters. The van der Waals surface area contributed by atoms with E-state index >= 15 is 0 Å². The van der Waals surface area contributed by atoms with Crippen molar-refractivity contribution in [1.29, 1.82) is 0 Å². The van der Waals surface area contributed by atoms with Crippen molar-refractivity contribution in [2.45, 2.75) is 19.3 Å². The molecule has 2 heterocycles. The summed E-state index contributed by atoms with van der Waals surface area (Å²) in [5.41, 5.74) is 3.16. The van der Waals surface area contributed by atoms with Crippen LogP contribution in [0.15, 0.2) is 53.8 Å². The van der Waals surface area contributed by atoms with Crippen LogP contribution in [0.2, 0.25) is 0 Å². The summed E-state index contributed by atoms with van der Waals surface area (Å²) in [5.74, 6) is -1.16. The van der Waals surface area contributed by atoms with Gasteiger partial charge < -0.3 is 0 Å². The molecule has 0 fully saturated rings. The number of amides is 2. The highest BCUT2D eigenvalue weighted by Crippen LogP contribution is 2.33. The summed E-state index contributed by atoms with van der Waals surface area (Å²) < 4.78 is 0. The molecule has 1 aliphatic heterocycles. The van der Waals surface area contributed by atoms with Crippen molar-refractivity contribution in [3.05, 3.63) is 65.0 Å². The lowest BCUT2D eigenvalue weighted by atomic mass is 9.85. The molecule has 0 bridgehead atoms. The number of pyridine rings is 1. The van der Waals surface area contributed by atoms with E-state index in [2.05, 4.69) is 10.3 Å². The van der Waals surface area contributed by atoms with Crippen molar-refractivity contribution in [2.24, 2.45) is 0 Å². The maximum Gasteiger partial charge on any atom is 0.259 e. The van der Waals surface area contributed by atoms with Gasteiger partial charge >= 0.3 is 0 Å². The van der Waals surface area contributed by atoms with Crippen LogP contribution in [-0.2, 0) is 4.79 Å². The molecule has 0 aromatic carbocycles. The van der Waals surface area contributed by atoms with E-state index in [0.717, 1.165) is 5.57 Å². The van der Waals surface area contributed by atoms with E-state index in [1.54, 1.807) is 18.3 Å². The Kier molecular flexibility index (Phi) is 3.06. The average molecular weight is 266 g/mol. The van der Waals surface area contributed by atoms with E-state index < -0.39 is 5.92 Å². The molecule has 20 heavy (non-hydrogen) atoms. The van der Waals surface area contributed by atoms with Crippen molar-refractivity contribution >= 4 is 11.8 Å². The van der Waals surface area contributed by atoms with E-state index in [1.165, 1.54) is 5.57 Å². The first kappa shape index (κ1) is 12.5. The van der Waals surface area contributed by atoms with E-state index in [9.17, 15) is 9.59 Å². The lowest BCUT2D eigenvalue weighted by molar-refractivity contribution is -0.121. The summed E-state index contributed by atoms with van der Waals surface area (Å²) in [6, 6.07) is 3.41. The third kappa shape index (κ3) is 2.09. The first-order chi connectivity index (χ1) is 9.66. The number of aromatic nitrogens is 1. The largest absolute Gasteiger partial charge is 0.291 e. The normalized spacial score (nSPS) is 21.6. The number of nitrogens with one attached hydrogen (secondary N) is 1. The lowest BCUT2D eigenvalue weighted by Crippen LogP contribution is -2.41. The lowest BCUT2D eigenvalue weighted by Gasteiger charge is -2.25. The van der Waals surface area contributed by atoms with Gasteiger partial charge in [0.25, 0.3) is 5.91 Å². The molecule has 4 heteroatoms. The number of fused-ring (bicyclic) bond motifs is 1. The molecular weight excluding hydrogens is 252 g/mol. The fraction of sp³-hybridized carbons (Fsp3) is 0.188. The van der Waals surface area contributed by atoms with Gasteiger partial charge in [0, 0.05) is 6.20 Å². The Morgan fingerprint density at radius 2 is 2.05 bits per heavy atom. The Bertz CT molecular complexity index is 683. The summed E-state index contributed by atoms with van der Waals surface area (Å²) in [6.45, 7) is 2.02. The number of nitrogens with zero attached hydrogens (tertiary/aromatic N) is 1. The van der Waals surface area contributed by atoms with Crippen molar-refractivity contribution in [3.63, 3.8) is 0 Å². The third-order valence-corrected chi connectivity index (χ3v) is 3.51. The fourth-order valence-corrected chi connectivity index (χ4v) is 2.60. The second kappa shape index (κ2) is 4.89. The fourth-order valence-electron chi connectivity index (χ4n) is 2.60. The first-order valence-corrected chi connectivity index (χ1v) is 6.50. The molecule has 3 rings (SSSR count). The predicted molar refractivity (Wildman–Crippen MR) is 75.0 cm³/mol. The SMILES string of the molecule is CC1=CC=CC=C(C2C(=O)NC(=O)c3cccnc32)C1. The van der Waals surface area contributed by atoms with Gasteiger partial charge in [0.05, 0.1) is 11.3 Å². The minimum atomic E-state index is -0.491. The molecule has 0 saturated carbocycles. The Hall–Kier alpha value is -2.49. The van der Waals surface area contributed by atoms with Gasteiger partial charge in [-0.05, 0) is 31.1 Å². The second-order valence-corrected chi connectivity index (χ2v) is 5.00. The highest BCUT2D eigenvalue weighted by atomic mass is 16.2. The Balaban J connectivity index is 2.09. The minimum Gasteiger partial charge on any atom is -0.291 e. The van der Waals surface area contributed by atoms with Crippen molar-refractivity contribution in [2.75, 3.05) is 0 Å². The summed E-state index contributed by atoms with van der Waals surface area (Å²) in [7, 11) is 0. The molecule has 0 spiro atoms. The van der Waals surface area contributed by atoms with E-state index in [4.69, 9.17) is 0 Å². The average Bonchev–Trinajstić information content (AvgIpc) is 2.63. The van der Waals surface area contributed by atoms with Crippen LogP contribution in [0.1, 0.15) is 35.3 Å². The zero-order valence-corrected chi connectivity index (χ0v) is 11.1. The van der Waals surface area contributed by atoms with Gasteiger partial charge in [-0.25, -0.2) is 0 Å². The molecule has 2 aliphatic rings. The van der Waals surface area contributed by atoms with Crippen molar-refractivity contribution in [1.82, 2.24) is 10.3 Å². The Labute approximate surface area is 116 Å². The zero-order chi connectivity index (χ0) is 14.1. The van der Waals surface area contributed by atoms with Crippen LogP contribution in [0, 0.1) is 0 Å². The van der Waals surface area contributed by atoms with Crippen LogP contribution in [0.25, 0.3) is 0 Å². The molecule has 1 unspecified atom stereocenters. The second-order valence-electron chi connectivity index (χ2n) is 5.00. The standard InChI is InChI=1S/C16H14N2O2/c1-10-5-2-3-6-11(9-10)13-14-12(7-4-8-17-14)15(19)18-16(13)20/h2-8,13H,9H2,1H3,(H,18,19,20). The summed E-state index contributed by atoms with van der Waals surface area (Å²) in [4.78, 5) is 28.3. The van der Waals surface area contributed by atoms with Crippen molar-refractivity contribution in [3.8, 4) is 0 Å². The van der Waals surface area contributed by atoms with Crippen LogP contribution in [-0.4, -0.2) is 16.8 Å². The van der Waals surface area contributed by atoms with E-state index in [-0.39, 0.29) is 11.8 Å². The monoisotopic (exact) mass is 266 g/mol.